The van der Waals surface area contributed by atoms with Gasteiger partial charge in [0, 0.05) is 0 Å². The van der Waals surface area contributed by atoms with Gasteiger partial charge in [-0.2, -0.15) is 0 Å². The number of amides is 1. The molecular weight excluding hydrogens is 289 g/mol. The SMILES string of the molecule is CC1(C)C(=O)N(Cc2ccc(F)cc2C(=O)O)S1(=O)=O. The molecule has 0 aliphatic carbocycles. The zero-order valence-corrected chi connectivity index (χ0v) is 11.6. The molecule has 1 aromatic rings. The highest BCUT2D eigenvalue weighted by atomic mass is 32.2. The average Bonchev–Trinajstić information content (AvgIpc) is 2.35. The predicted octanol–water partition coefficient (Wildman–Crippen LogP) is 0.975. The van der Waals surface area contributed by atoms with Crippen LogP contribution in [0.25, 0.3) is 0 Å². The third kappa shape index (κ3) is 1.87. The number of hydrogen-bond acceptors (Lipinski definition) is 4. The van der Waals surface area contributed by atoms with Gasteiger partial charge in [0.05, 0.1) is 12.1 Å². The molecule has 108 valence electrons. The van der Waals surface area contributed by atoms with Crippen LogP contribution < -0.4 is 0 Å². The molecule has 8 heteroatoms. The molecule has 1 amide bonds. The molecule has 0 atom stereocenters. The van der Waals surface area contributed by atoms with E-state index in [-0.39, 0.29) is 11.1 Å². The quantitative estimate of drug-likeness (QED) is 0.898. The standard InChI is InChI=1S/C12H12FNO5S/c1-12(2)11(17)14(20(12,18)19)6-7-3-4-8(13)5-9(7)10(15)16/h3-5H,6H2,1-2H3,(H,15,16). The first kappa shape index (κ1) is 14.4. The minimum Gasteiger partial charge on any atom is -0.478 e. The minimum absolute atomic E-state index is 0.0614. The maximum absolute atomic E-state index is 13.0. The summed E-state index contributed by atoms with van der Waals surface area (Å²) in [7, 11) is -3.80. The number of carbonyl (C=O) groups excluding carboxylic acids is 1. The van der Waals surface area contributed by atoms with E-state index in [0.29, 0.717) is 4.31 Å². The van der Waals surface area contributed by atoms with Crippen molar-refractivity contribution >= 4 is 21.9 Å². The van der Waals surface area contributed by atoms with E-state index in [1.165, 1.54) is 13.8 Å². The lowest BCUT2D eigenvalue weighted by Crippen LogP contribution is -2.66. The molecule has 0 saturated carbocycles. The molecular formula is C12H12FNO5S. The molecule has 20 heavy (non-hydrogen) atoms. The van der Waals surface area contributed by atoms with Crippen molar-refractivity contribution in [3.63, 3.8) is 0 Å². The summed E-state index contributed by atoms with van der Waals surface area (Å²) >= 11 is 0. The van der Waals surface area contributed by atoms with Crippen LogP contribution in [0.5, 0.6) is 0 Å². The molecule has 1 aliphatic rings. The Morgan fingerprint density at radius 2 is 2.00 bits per heavy atom. The van der Waals surface area contributed by atoms with Crippen molar-refractivity contribution in [1.82, 2.24) is 4.31 Å². The molecule has 1 N–H and O–H groups in total. The van der Waals surface area contributed by atoms with Crippen LogP contribution in [0.4, 0.5) is 4.39 Å². The maximum atomic E-state index is 13.0. The first-order chi connectivity index (χ1) is 9.09. The molecule has 2 rings (SSSR count). The van der Waals surface area contributed by atoms with E-state index < -0.39 is 39.0 Å². The van der Waals surface area contributed by atoms with Crippen LogP contribution in [-0.2, 0) is 21.4 Å². The highest BCUT2D eigenvalue weighted by Gasteiger charge is 2.60. The van der Waals surface area contributed by atoms with Gasteiger partial charge < -0.3 is 5.11 Å². The highest BCUT2D eigenvalue weighted by Crippen LogP contribution is 2.36. The number of nitrogens with zero attached hydrogens (tertiary/aromatic N) is 1. The summed E-state index contributed by atoms with van der Waals surface area (Å²) in [6.07, 6.45) is 0. The van der Waals surface area contributed by atoms with Crippen LogP contribution in [0.15, 0.2) is 18.2 Å². The van der Waals surface area contributed by atoms with Gasteiger partial charge in [-0.1, -0.05) is 6.07 Å². The van der Waals surface area contributed by atoms with Gasteiger partial charge in [0.15, 0.2) is 4.75 Å². The van der Waals surface area contributed by atoms with Crippen LogP contribution in [-0.4, -0.2) is 34.5 Å². The lowest BCUT2D eigenvalue weighted by Gasteiger charge is -2.43. The lowest BCUT2D eigenvalue weighted by molar-refractivity contribution is -0.132. The Balaban J connectivity index is 2.38. The van der Waals surface area contributed by atoms with Crippen molar-refractivity contribution in [3.05, 3.63) is 35.1 Å². The van der Waals surface area contributed by atoms with Crippen molar-refractivity contribution in [1.29, 1.82) is 0 Å². The molecule has 1 aromatic carbocycles. The normalized spacial score (nSPS) is 19.6. The van der Waals surface area contributed by atoms with E-state index in [1.807, 2.05) is 0 Å². The Morgan fingerprint density at radius 1 is 1.40 bits per heavy atom. The zero-order chi connectivity index (χ0) is 15.3. The second-order valence-corrected chi connectivity index (χ2v) is 7.35. The third-order valence-corrected chi connectivity index (χ3v) is 5.63. The van der Waals surface area contributed by atoms with Crippen LogP contribution in [0, 0.1) is 5.82 Å². The zero-order valence-electron chi connectivity index (χ0n) is 10.8. The maximum Gasteiger partial charge on any atom is 0.336 e. The van der Waals surface area contributed by atoms with Crippen LogP contribution in [0.2, 0.25) is 0 Å². The molecule has 0 unspecified atom stereocenters. The molecule has 1 fully saturated rings. The van der Waals surface area contributed by atoms with Crippen molar-refractivity contribution in [3.8, 4) is 0 Å². The largest absolute Gasteiger partial charge is 0.478 e. The average molecular weight is 301 g/mol. The van der Waals surface area contributed by atoms with E-state index >= 15 is 0 Å². The number of halogens is 1. The van der Waals surface area contributed by atoms with Gasteiger partial charge in [0.2, 0.25) is 0 Å². The van der Waals surface area contributed by atoms with E-state index in [9.17, 15) is 22.4 Å². The van der Waals surface area contributed by atoms with E-state index in [1.54, 1.807) is 0 Å². The van der Waals surface area contributed by atoms with Gasteiger partial charge in [-0.3, -0.25) is 4.79 Å². The summed E-state index contributed by atoms with van der Waals surface area (Å²) in [6, 6.07) is 2.97. The third-order valence-electron chi connectivity index (χ3n) is 3.29. The lowest BCUT2D eigenvalue weighted by atomic mass is 10.1. The Morgan fingerprint density at radius 3 is 2.50 bits per heavy atom. The molecule has 6 nitrogen and oxygen atoms in total. The van der Waals surface area contributed by atoms with Gasteiger partial charge >= 0.3 is 5.97 Å². The summed E-state index contributed by atoms with van der Waals surface area (Å²) in [5, 5.41) is 8.97. The second kappa shape index (κ2) is 4.27. The smallest absolute Gasteiger partial charge is 0.336 e. The Bertz CT molecular complexity index is 711. The highest BCUT2D eigenvalue weighted by molar-refractivity contribution is 7.94. The number of carboxylic acids is 1. The summed E-state index contributed by atoms with van der Waals surface area (Å²) in [5.41, 5.74) is -0.302. The number of benzene rings is 1. The van der Waals surface area contributed by atoms with Gasteiger partial charge in [-0.25, -0.2) is 21.9 Å². The van der Waals surface area contributed by atoms with E-state index in [0.717, 1.165) is 18.2 Å². The van der Waals surface area contributed by atoms with Gasteiger partial charge in [-0.15, -0.1) is 0 Å². The fourth-order valence-corrected chi connectivity index (χ4v) is 3.46. The number of rotatable bonds is 3. The molecule has 0 bridgehead atoms. The fraction of sp³-hybridized carbons (Fsp3) is 0.333. The molecule has 0 spiro atoms. The molecule has 1 saturated heterocycles. The molecule has 0 aromatic heterocycles. The number of aromatic carboxylic acids is 1. The monoisotopic (exact) mass is 301 g/mol. The van der Waals surface area contributed by atoms with E-state index in [4.69, 9.17) is 5.11 Å². The second-order valence-electron chi connectivity index (χ2n) is 4.93. The summed E-state index contributed by atoms with van der Waals surface area (Å²) in [4.78, 5) is 22.8. The number of hydrogen-bond donors (Lipinski definition) is 1. The Hall–Kier alpha value is -1.96. The molecule has 1 heterocycles. The Labute approximate surface area is 114 Å². The van der Waals surface area contributed by atoms with Gasteiger partial charge in [0.1, 0.15) is 5.82 Å². The van der Waals surface area contributed by atoms with Crippen LogP contribution in [0.3, 0.4) is 0 Å². The first-order valence-electron chi connectivity index (χ1n) is 5.67. The topological polar surface area (TPSA) is 91.8 Å². The Kier molecular flexibility index (Phi) is 3.09. The van der Waals surface area contributed by atoms with Crippen LogP contribution >= 0.6 is 0 Å². The van der Waals surface area contributed by atoms with Crippen LogP contribution in [0.1, 0.15) is 29.8 Å². The van der Waals surface area contributed by atoms with Gasteiger partial charge in [-0.05, 0) is 31.5 Å². The number of sulfonamides is 1. The predicted molar refractivity (Wildman–Crippen MR) is 66.9 cm³/mol. The first-order valence-corrected chi connectivity index (χ1v) is 7.11. The molecule has 1 aliphatic heterocycles. The van der Waals surface area contributed by atoms with Crippen molar-refractivity contribution in [2.75, 3.05) is 0 Å². The van der Waals surface area contributed by atoms with Gasteiger partial charge in [0.25, 0.3) is 15.9 Å². The molecule has 0 radical (unpaired) electrons. The summed E-state index contributed by atoms with van der Waals surface area (Å²) in [6.45, 7) is 2.15. The number of carboxylic acid groups (broad SMARTS) is 1. The fourth-order valence-electron chi connectivity index (χ4n) is 1.95. The minimum atomic E-state index is -3.80. The number of carbonyl (C=O) groups is 2. The van der Waals surface area contributed by atoms with Crippen molar-refractivity contribution in [2.45, 2.75) is 25.1 Å². The van der Waals surface area contributed by atoms with E-state index in [2.05, 4.69) is 0 Å². The summed E-state index contributed by atoms with van der Waals surface area (Å²) < 4.78 is 36.0. The van der Waals surface area contributed by atoms with Crippen molar-refractivity contribution < 1.29 is 27.5 Å². The summed E-state index contributed by atoms with van der Waals surface area (Å²) in [5.74, 6) is -2.74. The van der Waals surface area contributed by atoms with Crippen molar-refractivity contribution in [2.24, 2.45) is 0 Å².